The highest BCUT2D eigenvalue weighted by Crippen LogP contribution is 2.24. The Labute approximate surface area is 111 Å². The summed E-state index contributed by atoms with van der Waals surface area (Å²) in [6.45, 7) is 0. The minimum atomic E-state index is -0.656. The summed E-state index contributed by atoms with van der Waals surface area (Å²) in [5.74, 6) is 0.294. The molecule has 0 fully saturated rings. The zero-order valence-electron chi connectivity index (χ0n) is 11.6. The summed E-state index contributed by atoms with van der Waals surface area (Å²) in [6.07, 6.45) is 18.9. The Morgan fingerprint density at radius 3 is 2.28 bits per heavy atom. The number of allylic oxidation sites excluding steroid dienone is 2. The fourth-order valence-electron chi connectivity index (χ4n) is 2.71. The van der Waals surface area contributed by atoms with Crippen LogP contribution in [0.3, 0.4) is 0 Å². The Bertz CT molecular complexity index is 245. The molecule has 0 spiro atoms. The van der Waals surface area contributed by atoms with Crippen LogP contribution in [0.4, 0.5) is 0 Å². The van der Waals surface area contributed by atoms with Crippen molar-refractivity contribution >= 4 is 5.97 Å². The van der Waals surface area contributed by atoms with Gasteiger partial charge < -0.3 is 5.11 Å². The first-order chi connectivity index (χ1) is 8.79. The smallest absolute Gasteiger partial charge is 0.303 e. The summed E-state index contributed by atoms with van der Waals surface area (Å²) < 4.78 is 0. The Kier molecular flexibility index (Phi) is 8.62. The third-order valence-corrected chi connectivity index (χ3v) is 3.88. The van der Waals surface area contributed by atoms with Crippen LogP contribution in [0.1, 0.15) is 77.0 Å². The molecule has 0 aromatic carbocycles. The quantitative estimate of drug-likeness (QED) is 0.442. The Balaban J connectivity index is 1.78. The van der Waals surface area contributed by atoms with E-state index in [2.05, 4.69) is 12.2 Å². The van der Waals surface area contributed by atoms with Crippen LogP contribution in [-0.2, 0) is 4.79 Å². The fraction of sp³-hybridized carbons (Fsp3) is 0.812. The summed E-state index contributed by atoms with van der Waals surface area (Å²) in [5.41, 5.74) is 0. The van der Waals surface area contributed by atoms with Crippen molar-refractivity contribution in [2.75, 3.05) is 0 Å². The highest BCUT2D eigenvalue weighted by atomic mass is 16.4. The van der Waals surface area contributed by atoms with Crippen molar-refractivity contribution in [2.45, 2.75) is 77.0 Å². The molecule has 1 atom stereocenters. The van der Waals surface area contributed by atoms with E-state index in [4.69, 9.17) is 5.11 Å². The van der Waals surface area contributed by atoms with Crippen LogP contribution in [0.15, 0.2) is 12.2 Å². The van der Waals surface area contributed by atoms with Crippen molar-refractivity contribution in [3.8, 4) is 0 Å². The fourth-order valence-corrected chi connectivity index (χ4v) is 2.71. The van der Waals surface area contributed by atoms with E-state index in [0.717, 1.165) is 18.8 Å². The van der Waals surface area contributed by atoms with Crippen molar-refractivity contribution < 1.29 is 9.90 Å². The number of unbranched alkanes of at least 4 members (excludes halogenated alkanes) is 6. The maximum Gasteiger partial charge on any atom is 0.303 e. The van der Waals surface area contributed by atoms with Crippen molar-refractivity contribution in [3.63, 3.8) is 0 Å². The van der Waals surface area contributed by atoms with E-state index in [-0.39, 0.29) is 0 Å². The number of hydrogen-bond acceptors (Lipinski definition) is 1. The SMILES string of the molecule is O=C(O)CCCCCCCCCC1CC=CCC1. The molecule has 1 unspecified atom stereocenters. The topological polar surface area (TPSA) is 37.3 Å². The van der Waals surface area contributed by atoms with E-state index >= 15 is 0 Å². The first-order valence-corrected chi connectivity index (χ1v) is 7.66. The molecule has 0 aliphatic heterocycles. The number of carbonyl (C=O) groups is 1. The molecule has 0 saturated heterocycles. The number of aliphatic carboxylic acids is 1. The highest BCUT2D eigenvalue weighted by molar-refractivity contribution is 5.66. The molecule has 18 heavy (non-hydrogen) atoms. The third kappa shape index (κ3) is 8.32. The van der Waals surface area contributed by atoms with Gasteiger partial charge in [-0.1, -0.05) is 57.1 Å². The van der Waals surface area contributed by atoms with Gasteiger partial charge in [0.15, 0.2) is 0 Å². The van der Waals surface area contributed by atoms with Gasteiger partial charge in [-0.05, 0) is 31.6 Å². The molecule has 0 bridgehead atoms. The van der Waals surface area contributed by atoms with Gasteiger partial charge >= 0.3 is 5.97 Å². The molecule has 0 aromatic rings. The van der Waals surface area contributed by atoms with Crippen LogP contribution in [-0.4, -0.2) is 11.1 Å². The average Bonchev–Trinajstić information content (AvgIpc) is 2.37. The second-order valence-corrected chi connectivity index (χ2v) is 5.56. The van der Waals surface area contributed by atoms with Gasteiger partial charge in [-0.2, -0.15) is 0 Å². The van der Waals surface area contributed by atoms with Gasteiger partial charge in [-0.3, -0.25) is 4.79 Å². The van der Waals surface area contributed by atoms with Crippen LogP contribution >= 0.6 is 0 Å². The average molecular weight is 252 g/mol. The van der Waals surface area contributed by atoms with E-state index < -0.39 is 5.97 Å². The molecular formula is C16H28O2. The summed E-state index contributed by atoms with van der Waals surface area (Å²) in [7, 11) is 0. The Hall–Kier alpha value is -0.790. The molecule has 2 heteroatoms. The summed E-state index contributed by atoms with van der Waals surface area (Å²) >= 11 is 0. The van der Waals surface area contributed by atoms with Gasteiger partial charge in [0.1, 0.15) is 0 Å². The molecule has 0 amide bonds. The number of hydrogen-bond donors (Lipinski definition) is 1. The van der Waals surface area contributed by atoms with Crippen molar-refractivity contribution in [2.24, 2.45) is 5.92 Å². The lowest BCUT2D eigenvalue weighted by Gasteiger charge is -2.17. The standard InChI is InChI=1S/C16H28O2/c17-16(18)14-10-5-3-1-2-4-7-11-15-12-8-6-9-13-15/h6,8,15H,1-5,7,9-14H2,(H,17,18). The maximum absolute atomic E-state index is 10.3. The van der Waals surface area contributed by atoms with Crippen molar-refractivity contribution in [3.05, 3.63) is 12.2 Å². The van der Waals surface area contributed by atoms with E-state index in [1.165, 1.54) is 57.8 Å². The second kappa shape index (κ2) is 10.2. The minimum Gasteiger partial charge on any atom is -0.481 e. The largest absolute Gasteiger partial charge is 0.481 e. The molecule has 2 nitrogen and oxygen atoms in total. The summed E-state index contributed by atoms with van der Waals surface area (Å²) in [6, 6.07) is 0. The zero-order chi connectivity index (χ0) is 13.1. The first kappa shape index (κ1) is 15.3. The van der Waals surface area contributed by atoms with E-state index in [9.17, 15) is 4.79 Å². The molecule has 0 radical (unpaired) electrons. The van der Waals surface area contributed by atoms with Crippen molar-refractivity contribution in [1.29, 1.82) is 0 Å². The molecule has 1 rings (SSSR count). The second-order valence-electron chi connectivity index (χ2n) is 5.56. The van der Waals surface area contributed by atoms with Crippen LogP contribution in [0, 0.1) is 5.92 Å². The van der Waals surface area contributed by atoms with E-state index in [1.807, 2.05) is 0 Å². The number of carboxylic acid groups (broad SMARTS) is 1. The van der Waals surface area contributed by atoms with Gasteiger partial charge in [-0.25, -0.2) is 0 Å². The van der Waals surface area contributed by atoms with Crippen molar-refractivity contribution in [1.82, 2.24) is 0 Å². The first-order valence-electron chi connectivity index (χ1n) is 7.66. The molecule has 104 valence electrons. The lowest BCUT2D eigenvalue weighted by Crippen LogP contribution is -2.02. The zero-order valence-corrected chi connectivity index (χ0v) is 11.6. The highest BCUT2D eigenvalue weighted by Gasteiger charge is 2.08. The van der Waals surface area contributed by atoms with Crippen LogP contribution in [0.5, 0.6) is 0 Å². The van der Waals surface area contributed by atoms with Gasteiger partial charge in [0.05, 0.1) is 0 Å². The molecule has 1 N–H and O–H groups in total. The third-order valence-electron chi connectivity index (χ3n) is 3.88. The Morgan fingerprint density at radius 2 is 1.67 bits per heavy atom. The van der Waals surface area contributed by atoms with Gasteiger partial charge in [-0.15, -0.1) is 0 Å². The molecule has 0 saturated carbocycles. The summed E-state index contributed by atoms with van der Waals surface area (Å²) in [4.78, 5) is 10.3. The van der Waals surface area contributed by atoms with Gasteiger partial charge in [0.2, 0.25) is 0 Å². The lowest BCUT2D eigenvalue weighted by atomic mass is 9.89. The summed E-state index contributed by atoms with van der Waals surface area (Å²) in [5, 5.41) is 8.51. The molecular weight excluding hydrogens is 224 g/mol. The lowest BCUT2D eigenvalue weighted by molar-refractivity contribution is -0.137. The van der Waals surface area contributed by atoms with Crippen LogP contribution in [0.2, 0.25) is 0 Å². The van der Waals surface area contributed by atoms with Gasteiger partial charge in [0, 0.05) is 6.42 Å². The maximum atomic E-state index is 10.3. The van der Waals surface area contributed by atoms with E-state index in [1.54, 1.807) is 0 Å². The van der Waals surface area contributed by atoms with Crippen LogP contribution in [0.25, 0.3) is 0 Å². The minimum absolute atomic E-state index is 0.342. The predicted molar refractivity (Wildman–Crippen MR) is 75.7 cm³/mol. The van der Waals surface area contributed by atoms with Crippen LogP contribution < -0.4 is 0 Å². The molecule has 0 aromatic heterocycles. The number of carboxylic acids is 1. The molecule has 0 heterocycles. The van der Waals surface area contributed by atoms with E-state index in [0.29, 0.717) is 6.42 Å². The monoisotopic (exact) mass is 252 g/mol. The van der Waals surface area contributed by atoms with Gasteiger partial charge in [0.25, 0.3) is 0 Å². The molecule has 1 aliphatic carbocycles. The normalized spacial score (nSPS) is 19.0. The number of rotatable bonds is 10. The predicted octanol–water partition coefficient (Wildman–Crippen LogP) is 4.94. The molecule has 1 aliphatic rings. The Morgan fingerprint density at radius 1 is 1.00 bits per heavy atom.